The molecule has 3 heterocycles. The molecular formula is C27H27BN6O4. The maximum absolute atomic E-state index is 12.0. The second-order valence-corrected chi connectivity index (χ2v) is 8.88. The molecule has 1 amide bonds. The molecule has 0 atom stereocenters. The SMILES string of the molecule is Cc1cn2c(C(N)=O)cccc2c1-c1nc(NCc2cccc(B(O)O)c2)c2cccc(OCCN)c2n1. The van der Waals surface area contributed by atoms with Crippen LogP contribution in [0.15, 0.2) is 66.9 Å². The summed E-state index contributed by atoms with van der Waals surface area (Å²) in [5, 5.41) is 23.2. The number of aromatic nitrogens is 3. The van der Waals surface area contributed by atoms with Gasteiger partial charge in [-0.2, -0.15) is 0 Å². The van der Waals surface area contributed by atoms with Crippen molar-refractivity contribution < 1.29 is 19.6 Å². The minimum Gasteiger partial charge on any atom is -0.490 e. The molecule has 0 spiro atoms. The molecule has 0 saturated carbocycles. The van der Waals surface area contributed by atoms with Gasteiger partial charge in [-0.1, -0.05) is 36.4 Å². The van der Waals surface area contributed by atoms with Crippen LogP contribution in [0.2, 0.25) is 0 Å². The zero-order valence-electron chi connectivity index (χ0n) is 20.8. The summed E-state index contributed by atoms with van der Waals surface area (Å²) in [6, 6.07) is 17.9. The molecule has 0 aliphatic rings. The largest absolute Gasteiger partial charge is 0.490 e. The zero-order valence-corrected chi connectivity index (χ0v) is 20.8. The van der Waals surface area contributed by atoms with Crippen LogP contribution in [0.3, 0.4) is 0 Å². The first-order valence-electron chi connectivity index (χ1n) is 12.1. The van der Waals surface area contributed by atoms with Gasteiger partial charge in [-0.15, -0.1) is 0 Å². The van der Waals surface area contributed by atoms with Crippen LogP contribution in [0.5, 0.6) is 5.75 Å². The summed E-state index contributed by atoms with van der Waals surface area (Å²) in [5.41, 5.74) is 15.9. The molecule has 5 aromatic rings. The Kier molecular flexibility index (Phi) is 6.97. The average molecular weight is 510 g/mol. The van der Waals surface area contributed by atoms with E-state index in [1.807, 2.05) is 43.5 Å². The summed E-state index contributed by atoms with van der Waals surface area (Å²) in [5.74, 6) is 1.06. The van der Waals surface area contributed by atoms with Crippen LogP contribution in [0.25, 0.3) is 27.8 Å². The predicted molar refractivity (Wildman–Crippen MR) is 147 cm³/mol. The van der Waals surface area contributed by atoms with Crippen molar-refractivity contribution in [2.24, 2.45) is 11.5 Å². The van der Waals surface area contributed by atoms with E-state index in [1.165, 1.54) is 0 Å². The third kappa shape index (κ3) is 4.77. The normalized spacial score (nSPS) is 11.2. The Morgan fingerprint density at radius 2 is 1.89 bits per heavy atom. The Hall–Kier alpha value is -4.45. The van der Waals surface area contributed by atoms with Gasteiger partial charge < -0.3 is 36.0 Å². The third-order valence-corrected chi connectivity index (χ3v) is 6.25. The number of pyridine rings is 1. The zero-order chi connectivity index (χ0) is 26.8. The van der Waals surface area contributed by atoms with E-state index in [4.69, 9.17) is 26.2 Å². The van der Waals surface area contributed by atoms with Gasteiger partial charge in [0.25, 0.3) is 5.91 Å². The standard InChI is InChI=1S/C27H27BN6O4/c1-16-15-34-20(8-4-9-21(34)25(30)35)23(16)27-32-24-19(7-3-10-22(24)38-12-11-29)26(33-27)31-14-17-5-2-6-18(13-17)28(36)37/h2-10,13,15,36-37H,11-12,14,29H2,1H3,(H2,30,35)(H,31,32,33). The van der Waals surface area contributed by atoms with E-state index in [-0.39, 0.29) is 0 Å². The molecule has 10 nitrogen and oxygen atoms in total. The Labute approximate surface area is 219 Å². The first kappa shape index (κ1) is 25.2. The number of carbonyl (C=O) groups excluding carboxylic acids is 1. The average Bonchev–Trinajstić information content (AvgIpc) is 3.26. The molecule has 0 aliphatic carbocycles. The molecule has 5 rings (SSSR count). The number of fused-ring (bicyclic) bond motifs is 2. The number of nitrogens with two attached hydrogens (primary N) is 2. The topological polar surface area (TPSA) is 161 Å². The Balaban J connectivity index is 1.66. The summed E-state index contributed by atoms with van der Waals surface area (Å²) >= 11 is 0. The fraction of sp³-hybridized carbons (Fsp3) is 0.148. The van der Waals surface area contributed by atoms with Gasteiger partial charge in [-0.25, -0.2) is 9.97 Å². The third-order valence-electron chi connectivity index (χ3n) is 6.25. The van der Waals surface area contributed by atoms with Crippen LogP contribution in [0.1, 0.15) is 21.6 Å². The number of nitrogens with zero attached hydrogens (tertiary/aromatic N) is 3. The highest BCUT2D eigenvalue weighted by Crippen LogP contribution is 2.34. The van der Waals surface area contributed by atoms with Crippen molar-refractivity contribution >= 4 is 40.7 Å². The number of hydrogen-bond donors (Lipinski definition) is 5. The van der Waals surface area contributed by atoms with Crippen molar-refractivity contribution in [2.75, 3.05) is 18.5 Å². The number of amides is 1. The van der Waals surface area contributed by atoms with Gasteiger partial charge in [-0.05, 0) is 47.8 Å². The Morgan fingerprint density at radius 1 is 1.11 bits per heavy atom. The minimum atomic E-state index is -1.56. The van der Waals surface area contributed by atoms with E-state index in [0.717, 1.165) is 27.6 Å². The lowest BCUT2D eigenvalue weighted by atomic mass is 9.80. The second kappa shape index (κ2) is 10.5. The number of anilines is 1. The van der Waals surface area contributed by atoms with Crippen LogP contribution in [0, 0.1) is 6.92 Å². The van der Waals surface area contributed by atoms with Crippen molar-refractivity contribution in [1.82, 2.24) is 14.4 Å². The predicted octanol–water partition coefficient (Wildman–Crippen LogP) is 1.59. The van der Waals surface area contributed by atoms with Crippen molar-refractivity contribution in [3.05, 3.63) is 83.7 Å². The number of primary amides is 1. The lowest BCUT2D eigenvalue weighted by Crippen LogP contribution is -2.30. The van der Waals surface area contributed by atoms with Gasteiger partial charge in [0.1, 0.15) is 29.4 Å². The molecule has 38 heavy (non-hydrogen) atoms. The first-order chi connectivity index (χ1) is 18.4. The molecule has 0 unspecified atom stereocenters. The lowest BCUT2D eigenvalue weighted by Gasteiger charge is -2.14. The van der Waals surface area contributed by atoms with E-state index in [1.54, 1.807) is 34.7 Å². The highest BCUT2D eigenvalue weighted by molar-refractivity contribution is 6.58. The van der Waals surface area contributed by atoms with Crippen molar-refractivity contribution in [3.63, 3.8) is 0 Å². The van der Waals surface area contributed by atoms with Gasteiger partial charge in [0.15, 0.2) is 5.82 Å². The summed E-state index contributed by atoms with van der Waals surface area (Å²) in [4.78, 5) is 21.8. The van der Waals surface area contributed by atoms with Crippen LogP contribution in [-0.4, -0.2) is 50.6 Å². The van der Waals surface area contributed by atoms with Gasteiger partial charge in [0.05, 0.1) is 5.52 Å². The summed E-state index contributed by atoms with van der Waals surface area (Å²) in [7, 11) is -1.56. The summed E-state index contributed by atoms with van der Waals surface area (Å²) in [6.45, 7) is 2.98. The van der Waals surface area contributed by atoms with Crippen LogP contribution in [-0.2, 0) is 6.54 Å². The molecule has 3 aromatic heterocycles. The quantitative estimate of drug-likeness (QED) is 0.187. The molecule has 192 valence electrons. The molecule has 11 heteroatoms. The van der Waals surface area contributed by atoms with Gasteiger partial charge >= 0.3 is 7.12 Å². The number of carbonyl (C=O) groups is 1. The fourth-order valence-corrected chi connectivity index (χ4v) is 4.52. The number of hydrogen-bond acceptors (Lipinski definition) is 8. The second-order valence-electron chi connectivity index (χ2n) is 8.88. The molecule has 0 radical (unpaired) electrons. The molecule has 2 aromatic carbocycles. The Morgan fingerprint density at radius 3 is 2.66 bits per heavy atom. The van der Waals surface area contributed by atoms with Crippen LogP contribution < -0.4 is 27.0 Å². The highest BCUT2D eigenvalue weighted by Gasteiger charge is 2.20. The number of rotatable bonds is 9. The van der Waals surface area contributed by atoms with Gasteiger partial charge in [0, 0.05) is 30.2 Å². The number of benzene rings is 2. The van der Waals surface area contributed by atoms with E-state index >= 15 is 0 Å². The first-order valence-corrected chi connectivity index (χ1v) is 12.1. The molecule has 0 saturated heterocycles. The molecule has 0 bridgehead atoms. The molecule has 0 fully saturated rings. The minimum absolute atomic E-state index is 0.327. The van der Waals surface area contributed by atoms with Crippen molar-refractivity contribution in [3.8, 4) is 17.1 Å². The maximum Gasteiger partial charge on any atom is 0.488 e. The van der Waals surface area contributed by atoms with E-state index < -0.39 is 13.0 Å². The van der Waals surface area contributed by atoms with Crippen molar-refractivity contribution in [1.29, 1.82) is 0 Å². The monoisotopic (exact) mass is 510 g/mol. The molecule has 7 N–H and O–H groups in total. The maximum atomic E-state index is 12.0. The fourth-order valence-electron chi connectivity index (χ4n) is 4.52. The van der Waals surface area contributed by atoms with E-state index in [0.29, 0.717) is 53.8 Å². The van der Waals surface area contributed by atoms with Gasteiger partial charge in [-0.3, -0.25) is 4.79 Å². The smallest absolute Gasteiger partial charge is 0.488 e. The van der Waals surface area contributed by atoms with E-state index in [2.05, 4.69) is 5.32 Å². The van der Waals surface area contributed by atoms with Crippen LogP contribution >= 0.6 is 0 Å². The highest BCUT2D eigenvalue weighted by atomic mass is 16.5. The number of para-hydroxylation sites is 1. The van der Waals surface area contributed by atoms with Crippen molar-refractivity contribution in [2.45, 2.75) is 13.5 Å². The van der Waals surface area contributed by atoms with Gasteiger partial charge in [0.2, 0.25) is 0 Å². The van der Waals surface area contributed by atoms with E-state index in [9.17, 15) is 14.8 Å². The summed E-state index contributed by atoms with van der Waals surface area (Å²) in [6.07, 6.45) is 1.84. The number of nitrogens with one attached hydrogen (secondary N) is 1. The number of ether oxygens (including phenoxy) is 1. The summed E-state index contributed by atoms with van der Waals surface area (Å²) < 4.78 is 7.65. The Bertz CT molecular complexity index is 1650. The molecule has 0 aliphatic heterocycles. The number of aryl methyl sites for hydroxylation is 1. The van der Waals surface area contributed by atoms with Crippen LogP contribution in [0.4, 0.5) is 5.82 Å². The molecular weight excluding hydrogens is 483 g/mol. The lowest BCUT2D eigenvalue weighted by molar-refractivity contribution is 0.0994.